The van der Waals surface area contributed by atoms with Crippen molar-refractivity contribution in [2.75, 3.05) is 6.54 Å². The fourth-order valence-electron chi connectivity index (χ4n) is 3.10. The van der Waals surface area contributed by atoms with Crippen LogP contribution in [0.2, 0.25) is 0 Å². The minimum absolute atomic E-state index is 0.161. The van der Waals surface area contributed by atoms with Crippen LogP contribution in [0.1, 0.15) is 67.6 Å². The molecule has 0 bridgehead atoms. The second-order valence-electron chi connectivity index (χ2n) is 8.95. The SMILES string of the molecule is C=CCN(Cc1cnc(Cc2ccc(C(C)(C)C)cc2C)s1)C(=O)CC(C)C. The van der Waals surface area contributed by atoms with Crippen LogP contribution in [0.4, 0.5) is 0 Å². The standard InChI is InChI=1S/C24H34N2OS/c1-8-11-26(23(27)12-17(2)3)16-21-15-25-22(28-21)14-19-9-10-20(13-18(19)4)24(5,6)7/h8-10,13,15,17H,1,11-12,14,16H2,2-7H3. The molecule has 28 heavy (non-hydrogen) atoms. The van der Waals surface area contributed by atoms with Crippen LogP contribution in [-0.4, -0.2) is 22.3 Å². The Morgan fingerprint density at radius 3 is 2.61 bits per heavy atom. The molecule has 1 heterocycles. The highest BCUT2D eigenvalue weighted by atomic mass is 32.1. The average molecular weight is 399 g/mol. The largest absolute Gasteiger partial charge is 0.334 e. The van der Waals surface area contributed by atoms with Gasteiger partial charge in [-0.1, -0.05) is 58.9 Å². The number of amides is 1. The molecule has 0 atom stereocenters. The van der Waals surface area contributed by atoms with Crippen molar-refractivity contribution < 1.29 is 4.79 Å². The first kappa shape index (κ1) is 22.4. The van der Waals surface area contributed by atoms with Gasteiger partial charge in [0.25, 0.3) is 0 Å². The number of carbonyl (C=O) groups is 1. The van der Waals surface area contributed by atoms with Gasteiger partial charge in [0.05, 0.1) is 11.6 Å². The molecule has 2 rings (SSSR count). The molecule has 0 radical (unpaired) electrons. The van der Waals surface area contributed by atoms with Gasteiger partial charge < -0.3 is 4.90 Å². The molecule has 4 heteroatoms. The lowest BCUT2D eigenvalue weighted by Gasteiger charge is -2.21. The fraction of sp³-hybridized carbons (Fsp3) is 0.500. The van der Waals surface area contributed by atoms with E-state index in [1.807, 2.05) is 11.1 Å². The first-order chi connectivity index (χ1) is 13.1. The Balaban J connectivity index is 2.09. The Hall–Kier alpha value is -1.94. The molecule has 152 valence electrons. The maximum Gasteiger partial charge on any atom is 0.223 e. The summed E-state index contributed by atoms with van der Waals surface area (Å²) >= 11 is 1.70. The van der Waals surface area contributed by atoms with E-state index in [0.29, 0.717) is 25.4 Å². The highest BCUT2D eigenvalue weighted by Crippen LogP contribution is 2.26. The molecule has 0 aliphatic heterocycles. The first-order valence-electron chi connectivity index (χ1n) is 10.0. The van der Waals surface area contributed by atoms with Crippen molar-refractivity contribution in [1.29, 1.82) is 0 Å². The highest BCUT2D eigenvalue weighted by molar-refractivity contribution is 7.11. The maximum absolute atomic E-state index is 12.5. The molecule has 0 unspecified atom stereocenters. The molecule has 1 aromatic carbocycles. The van der Waals surface area contributed by atoms with E-state index in [2.05, 4.69) is 71.3 Å². The fourth-order valence-corrected chi connectivity index (χ4v) is 4.06. The van der Waals surface area contributed by atoms with E-state index in [1.54, 1.807) is 17.4 Å². The van der Waals surface area contributed by atoms with E-state index in [9.17, 15) is 4.79 Å². The molecule has 2 aromatic rings. The number of nitrogens with zero attached hydrogens (tertiary/aromatic N) is 2. The smallest absolute Gasteiger partial charge is 0.223 e. The van der Waals surface area contributed by atoms with Crippen LogP contribution in [-0.2, 0) is 23.2 Å². The summed E-state index contributed by atoms with van der Waals surface area (Å²) in [6.07, 6.45) is 5.11. The summed E-state index contributed by atoms with van der Waals surface area (Å²) < 4.78 is 0. The molecule has 0 saturated heterocycles. The Kier molecular flexibility index (Phi) is 7.59. The number of carbonyl (C=O) groups excluding carboxylic acids is 1. The molecule has 3 nitrogen and oxygen atoms in total. The molecule has 0 fully saturated rings. The minimum Gasteiger partial charge on any atom is -0.334 e. The summed E-state index contributed by atoms with van der Waals surface area (Å²) in [4.78, 5) is 20.1. The van der Waals surface area contributed by atoms with Crippen molar-refractivity contribution in [3.63, 3.8) is 0 Å². The van der Waals surface area contributed by atoms with E-state index in [1.165, 1.54) is 16.7 Å². The zero-order valence-electron chi connectivity index (χ0n) is 18.2. The van der Waals surface area contributed by atoms with E-state index < -0.39 is 0 Å². The third-order valence-corrected chi connectivity index (χ3v) is 5.77. The van der Waals surface area contributed by atoms with Gasteiger partial charge in [-0.05, 0) is 34.9 Å². The molecule has 0 saturated carbocycles. The first-order valence-corrected chi connectivity index (χ1v) is 10.8. The number of rotatable bonds is 8. The number of aryl methyl sites for hydroxylation is 1. The summed E-state index contributed by atoms with van der Waals surface area (Å²) in [6, 6.07) is 6.75. The summed E-state index contributed by atoms with van der Waals surface area (Å²) in [7, 11) is 0. The van der Waals surface area contributed by atoms with E-state index in [4.69, 9.17) is 0 Å². The molecule has 1 amide bonds. The number of benzene rings is 1. The van der Waals surface area contributed by atoms with E-state index in [0.717, 1.165) is 16.3 Å². The van der Waals surface area contributed by atoms with Crippen molar-refractivity contribution in [3.05, 3.63) is 63.6 Å². The zero-order chi connectivity index (χ0) is 20.9. The van der Waals surface area contributed by atoms with Crippen molar-refractivity contribution >= 4 is 17.2 Å². The summed E-state index contributed by atoms with van der Waals surface area (Å²) in [6.45, 7) is 18.0. The van der Waals surface area contributed by atoms with Crippen molar-refractivity contribution in [2.24, 2.45) is 5.92 Å². The normalized spacial score (nSPS) is 11.7. The van der Waals surface area contributed by atoms with Crippen LogP contribution in [0.15, 0.2) is 37.1 Å². The van der Waals surface area contributed by atoms with Gasteiger partial charge in [-0.25, -0.2) is 4.98 Å². The van der Waals surface area contributed by atoms with Crippen LogP contribution < -0.4 is 0 Å². The highest BCUT2D eigenvalue weighted by Gasteiger charge is 2.17. The summed E-state index contributed by atoms with van der Waals surface area (Å²) in [5, 5.41) is 1.09. The third-order valence-electron chi connectivity index (χ3n) is 4.78. The molecule has 0 spiro atoms. The van der Waals surface area contributed by atoms with Crippen LogP contribution in [0.25, 0.3) is 0 Å². The lowest BCUT2D eigenvalue weighted by Crippen LogP contribution is -2.31. The molecule has 1 aromatic heterocycles. The molecule has 0 aliphatic carbocycles. The molecule has 0 aliphatic rings. The molecular formula is C24H34N2OS. The summed E-state index contributed by atoms with van der Waals surface area (Å²) in [5.41, 5.74) is 4.14. The van der Waals surface area contributed by atoms with Crippen LogP contribution >= 0.6 is 11.3 Å². The average Bonchev–Trinajstić information content (AvgIpc) is 3.02. The lowest BCUT2D eigenvalue weighted by molar-refractivity contribution is -0.132. The number of aromatic nitrogens is 1. The van der Waals surface area contributed by atoms with Crippen molar-refractivity contribution in [2.45, 2.75) is 66.3 Å². The second-order valence-corrected chi connectivity index (χ2v) is 10.1. The molecule has 0 N–H and O–H groups in total. The van der Waals surface area contributed by atoms with E-state index in [-0.39, 0.29) is 11.3 Å². The van der Waals surface area contributed by atoms with Crippen LogP contribution in [0.5, 0.6) is 0 Å². The van der Waals surface area contributed by atoms with Gasteiger partial charge in [0.2, 0.25) is 5.91 Å². The Labute approximate surface area is 174 Å². The Bertz CT molecular complexity index is 814. The topological polar surface area (TPSA) is 33.2 Å². The number of hydrogen-bond acceptors (Lipinski definition) is 3. The van der Waals surface area contributed by atoms with Crippen molar-refractivity contribution in [3.8, 4) is 0 Å². The molecular weight excluding hydrogens is 364 g/mol. The van der Waals surface area contributed by atoms with E-state index >= 15 is 0 Å². The van der Waals surface area contributed by atoms with Gasteiger partial charge in [-0.15, -0.1) is 17.9 Å². The van der Waals surface area contributed by atoms with Gasteiger partial charge in [0.1, 0.15) is 0 Å². The van der Waals surface area contributed by atoms with Gasteiger partial charge in [-0.3, -0.25) is 4.79 Å². The predicted molar refractivity (Wildman–Crippen MR) is 120 cm³/mol. The van der Waals surface area contributed by atoms with Gasteiger partial charge >= 0.3 is 0 Å². The third kappa shape index (κ3) is 6.30. The summed E-state index contributed by atoms with van der Waals surface area (Å²) in [5.74, 6) is 0.536. The number of hydrogen-bond donors (Lipinski definition) is 0. The Morgan fingerprint density at radius 2 is 2.04 bits per heavy atom. The monoisotopic (exact) mass is 398 g/mol. The Morgan fingerprint density at radius 1 is 1.32 bits per heavy atom. The van der Waals surface area contributed by atoms with Gasteiger partial charge in [0, 0.05) is 30.5 Å². The van der Waals surface area contributed by atoms with Gasteiger partial charge in [-0.2, -0.15) is 0 Å². The zero-order valence-corrected chi connectivity index (χ0v) is 19.0. The van der Waals surface area contributed by atoms with Crippen LogP contribution in [0, 0.1) is 12.8 Å². The quantitative estimate of drug-likeness (QED) is 0.519. The minimum atomic E-state index is 0.161. The van der Waals surface area contributed by atoms with Crippen LogP contribution in [0.3, 0.4) is 0 Å². The second kappa shape index (κ2) is 9.51. The van der Waals surface area contributed by atoms with Gasteiger partial charge in [0.15, 0.2) is 0 Å². The van der Waals surface area contributed by atoms with Crippen molar-refractivity contribution in [1.82, 2.24) is 9.88 Å². The predicted octanol–water partition coefficient (Wildman–Crippen LogP) is 5.90. The lowest BCUT2D eigenvalue weighted by atomic mass is 9.85. The maximum atomic E-state index is 12.5. The number of thiazole rings is 1.